The lowest BCUT2D eigenvalue weighted by atomic mass is 9.84. The first-order valence-electron chi connectivity index (χ1n) is 10.9. The van der Waals surface area contributed by atoms with Gasteiger partial charge in [0.05, 0.1) is 11.6 Å². The molecule has 0 unspecified atom stereocenters. The lowest BCUT2D eigenvalue weighted by molar-refractivity contribution is -0.139. The highest BCUT2D eigenvalue weighted by Gasteiger charge is 2.35. The fourth-order valence-corrected chi connectivity index (χ4v) is 5.75. The predicted octanol–water partition coefficient (Wildman–Crippen LogP) is 3.60. The van der Waals surface area contributed by atoms with Crippen LogP contribution in [0.4, 0.5) is 0 Å². The van der Waals surface area contributed by atoms with Crippen LogP contribution in [-0.2, 0) is 14.8 Å². The number of aryl methyl sites for hydroxylation is 2. The van der Waals surface area contributed by atoms with Gasteiger partial charge in [-0.05, 0) is 68.1 Å². The van der Waals surface area contributed by atoms with Crippen LogP contribution in [0, 0.1) is 31.1 Å². The number of piperazine rings is 1. The lowest BCUT2D eigenvalue weighted by Crippen LogP contribution is -2.52. The standard InChI is InChI=1S/C24H27N3O4S/c1-17-12-18(2)14-21(13-17)31-22-7-6-19(16-25)15-23(22)32(29,30)27-10-8-26(9-11-27)24(28)20-4-3-5-20/h6-7,12-15,20H,3-5,8-11H2,1-2H3. The number of carbonyl (C=O) groups is 1. The molecule has 0 bridgehead atoms. The summed E-state index contributed by atoms with van der Waals surface area (Å²) >= 11 is 0. The van der Waals surface area contributed by atoms with Gasteiger partial charge in [0.2, 0.25) is 15.9 Å². The molecule has 2 aromatic rings. The molecular weight excluding hydrogens is 426 g/mol. The van der Waals surface area contributed by atoms with Gasteiger partial charge >= 0.3 is 0 Å². The molecule has 1 heterocycles. The monoisotopic (exact) mass is 453 g/mol. The SMILES string of the molecule is Cc1cc(C)cc(Oc2ccc(C#N)cc2S(=O)(=O)N2CCN(C(=O)C3CCC3)CC2)c1. The van der Waals surface area contributed by atoms with Crippen LogP contribution in [0.1, 0.15) is 36.0 Å². The van der Waals surface area contributed by atoms with Crippen molar-refractivity contribution in [3.63, 3.8) is 0 Å². The zero-order chi connectivity index (χ0) is 22.9. The molecule has 168 valence electrons. The maximum atomic E-state index is 13.5. The topological polar surface area (TPSA) is 90.7 Å². The van der Waals surface area contributed by atoms with Gasteiger partial charge < -0.3 is 9.64 Å². The van der Waals surface area contributed by atoms with E-state index in [9.17, 15) is 18.5 Å². The van der Waals surface area contributed by atoms with Crippen LogP contribution >= 0.6 is 0 Å². The Bertz CT molecular complexity index is 1150. The second-order valence-corrected chi connectivity index (χ2v) is 10.5. The third-order valence-electron chi connectivity index (χ3n) is 6.12. The van der Waals surface area contributed by atoms with E-state index in [0.717, 1.165) is 30.4 Å². The predicted molar refractivity (Wildman–Crippen MR) is 120 cm³/mol. The minimum atomic E-state index is -3.91. The molecule has 32 heavy (non-hydrogen) atoms. The smallest absolute Gasteiger partial charge is 0.246 e. The largest absolute Gasteiger partial charge is 0.456 e. The molecular formula is C24H27N3O4S. The van der Waals surface area contributed by atoms with Crippen molar-refractivity contribution in [2.24, 2.45) is 5.92 Å². The number of carbonyl (C=O) groups excluding carboxylic acids is 1. The summed E-state index contributed by atoms with van der Waals surface area (Å²) in [6, 6.07) is 12.1. The highest BCUT2D eigenvalue weighted by atomic mass is 32.2. The number of hydrogen-bond acceptors (Lipinski definition) is 5. The van der Waals surface area contributed by atoms with Crippen molar-refractivity contribution < 1.29 is 17.9 Å². The highest BCUT2D eigenvalue weighted by Crippen LogP contribution is 2.34. The van der Waals surface area contributed by atoms with Crippen molar-refractivity contribution in [1.29, 1.82) is 5.26 Å². The van der Waals surface area contributed by atoms with Gasteiger partial charge in [0.1, 0.15) is 16.4 Å². The molecule has 0 N–H and O–H groups in total. The normalized spacial score (nSPS) is 17.5. The van der Waals surface area contributed by atoms with E-state index in [2.05, 4.69) is 0 Å². The van der Waals surface area contributed by atoms with Gasteiger partial charge in [0.15, 0.2) is 0 Å². The summed E-state index contributed by atoms with van der Waals surface area (Å²) in [6.07, 6.45) is 2.94. The summed E-state index contributed by atoms with van der Waals surface area (Å²) in [7, 11) is -3.91. The van der Waals surface area contributed by atoms with E-state index in [1.807, 2.05) is 38.1 Å². The molecule has 0 spiro atoms. The molecule has 0 atom stereocenters. The van der Waals surface area contributed by atoms with E-state index in [4.69, 9.17) is 4.74 Å². The summed E-state index contributed by atoms with van der Waals surface area (Å²) in [4.78, 5) is 14.2. The molecule has 2 fully saturated rings. The van der Waals surface area contributed by atoms with E-state index >= 15 is 0 Å². The molecule has 0 aromatic heterocycles. The first-order chi connectivity index (χ1) is 15.3. The van der Waals surface area contributed by atoms with Crippen LogP contribution in [0.5, 0.6) is 11.5 Å². The summed E-state index contributed by atoms with van der Waals surface area (Å²) in [5, 5.41) is 9.32. The number of benzene rings is 2. The van der Waals surface area contributed by atoms with Gasteiger partial charge in [0, 0.05) is 32.1 Å². The highest BCUT2D eigenvalue weighted by molar-refractivity contribution is 7.89. The molecule has 7 nitrogen and oxygen atoms in total. The van der Waals surface area contributed by atoms with Gasteiger partial charge in [-0.25, -0.2) is 8.42 Å². The third kappa shape index (κ3) is 4.50. The fourth-order valence-electron chi connectivity index (χ4n) is 4.18. The zero-order valence-electron chi connectivity index (χ0n) is 18.4. The molecule has 2 aromatic carbocycles. The number of rotatable bonds is 5. The van der Waals surface area contributed by atoms with Gasteiger partial charge in [-0.15, -0.1) is 0 Å². The first-order valence-corrected chi connectivity index (χ1v) is 12.3. The number of amides is 1. The van der Waals surface area contributed by atoms with Crippen LogP contribution in [-0.4, -0.2) is 49.7 Å². The second kappa shape index (κ2) is 8.93. The summed E-state index contributed by atoms with van der Waals surface area (Å²) in [6.45, 7) is 5.09. The second-order valence-electron chi connectivity index (χ2n) is 8.56. The molecule has 1 saturated carbocycles. The number of nitrogens with zero attached hydrogens (tertiary/aromatic N) is 3. The maximum Gasteiger partial charge on any atom is 0.246 e. The summed E-state index contributed by atoms with van der Waals surface area (Å²) in [5.74, 6) is 0.961. The lowest BCUT2D eigenvalue weighted by Gasteiger charge is -2.37. The number of sulfonamides is 1. The van der Waals surface area contributed by atoms with E-state index in [-0.39, 0.29) is 41.1 Å². The van der Waals surface area contributed by atoms with E-state index in [1.165, 1.54) is 16.4 Å². The van der Waals surface area contributed by atoms with E-state index in [0.29, 0.717) is 18.8 Å². The number of nitriles is 1. The molecule has 8 heteroatoms. The van der Waals surface area contributed by atoms with Crippen LogP contribution in [0.15, 0.2) is 41.3 Å². The van der Waals surface area contributed by atoms with Crippen molar-refractivity contribution >= 4 is 15.9 Å². The van der Waals surface area contributed by atoms with Gasteiger partial charge in [-0.3, -0.25) is 4.79 Å². The van der Waals surface area contributed by atoms with Crippen molar-refractivity contribution in [1.82, 2.24) is 9.21 Å². The van der Waals surface area contributed by atoms with Crippen LogP contribution in [0.3, 0.4) is 0 Å². The van der Waals surface area contributed by atoms with Crippen LogP contribution in [0.2, 0.25) is 0 Å². The Morgan fingerprint density at radius 2 is 1.69 bits per heavy atom. The zero-order valence-corrected chi connectivity index (χ0v) is 19.2. The van der Waals surface area contributed by atoms with Crippen molar-refractivity contribution in [2.75, 3.05) is 26.2 Å². The number of ether oxygens (including phenoxy) is 1. The average molecular weight is 454 g/mol. The Kier molecular flexibility index (Phi) is 6.22. The summed E-state index contributed by atoms with van der Waals surface area (Å²) in [5.41, 5.74) is 2.26. The van der Waals surface area contributed by atoms with Crippen molar-refractivity contribution in [2.45, 2.75) is 38.0 Å². The van der Waals surface area contributed by atoms with Crippen LogP contribution < -0.4 is 4.74 Å². The fraction of sp³-hybridized carbons (Fsp3) is 0.417. The van der Waals surface area contributed by atoms with Crippen molar-refractivity contribution in [3.05, 3.63) is 53.1 Å². The van der Waals surface area contributed by atoms with Gasteiger partial charge in [-0.1, -0.05) is 12.5 Å². The van der Waals surface area contributed by atoms with Crippen LogP contribution in [0.25, 0.3) is 0 Å². The average Bonchev–Trinajstić information content (AvgIpc) is 2.72. The molecule has 1 saturated heterocycles. The maximum absolute atomic E-state index is 13.5. The summed E-state index contributed by atoms with van der Waals surface area (Å²) < 4.78 is 34.4. The molecule has 1 aliphatic carbocycles. The molecule has 1 amide bonds. The molecule has 1 aliphatic heterocycles. The van der Waals surface area contributed by atoms with Gasteiger partial charge in [-0.2, -0.15) is 9.57 Å². The minimum absolute atomic E-state index is 0.0329. The van der Waals surface area contributed by atoms with Gasteiger partial charge in [0.25, 0.3) is 0 Å². The molecule has 0 radical (unpaired) electrons. The Balaban J connectivity index is 1.58. The minimum Gasteiger partial charge on any atom is -0.456 e. The number of hydrogen-bond donors (Lipinski definition) is 0. The van der Waals surface area contributed by atoms with E-state index < -0.39 is 10.0 Å². The Morgan fingerprint density at radius 1 is 1.03 bits per heavy atom. The van der Waals surface area contributed by atoms with Crippen molar-refractivity contribution in [3.8, 4) is 17.6 Å². The Morgan fingerprint density at radius 3 is 2.25 bits per heavy atom. The third-order valence-corrected chi connectivity index (χ3v) is 8.04. The molecule has 4 rings (SSSR count). The Labute approximate surface area is 189 Å². The molecule has 2 aliphatic rings. The first kappa shape index (κ1) is 22.3. The quantitative estimate of drug-likeness (QED) is 0.690. The Hall–Kier alpha value is -2.89. The van der Waals surface area contributed by atoms with E-state index in [1.54, 1.807) is 11.0 Å².